The summed E-state index contributed by atoms with van der Waals surface area (Å²) in [6, 6.07) is 12.7. The van der Waals surface area contributed by atoms with Gasteiger partial charge < -0.3 is 9.73 Å². The third kappa shape index (κ3) is 2.82. The van der Waals surface area contributed by atoms with Crippen molar-refractivity contribution < 1.29 is 4.42 Å². The van der Waals surface area contributed by atoms with E-state index in [1.165, 1.54) is 11.1 Å². The molecule has 0 saturated heterocycles. The molecule has 1 unspecified atom stereocenters. The molecule has 0 saturated carbocycles. The summed E-state index contributed by atoms with van der Waals surface area (Å²) in [5, 5.41) is 3.57. The molecule has 96 valence electrons. The predicted molar refractivity (Wildman–Crippen MR) is 74.7 cm³/mol. The Morgan fingerprint density at radius 3 is 2.61 bits per heavy atom. The Labute approximate surface area is 109 Å². The lowest BCUT2D eigenvalue weighted by molar-refractivity contribution is 0.445. The minimum absolute atomic E-state index is 0.163. The molecule has 1 aromatic heterocycles. The van der Waals surface area contributed by atoms with Crippen molar-refractivity contribution in [1.82, 2.24) is 5.32 Å². The maximum Gasteiger partial charge on any atom is 0.125 e. The van der Waals surface area contributed by atoms with Crippen LogP contribution in [-0.2, 0) is 6.42 Å². The van der Waals surface area contributed by atoms with Gasteiger partial charge in [-0.1, -0.05) is 38.1 Å². The number of benzene rings is 1. The number of hydrogen-bond donors (Lipinski definition) is 1. The molecule has 0 aliphatic heterocycles. The van der Waals surface area contributed by atoms with Gasteiger partial charge in [-0.25, -0.2) is 0 Å². The van der Waals surface area contributed by atoms with Crippen LogP contribution in [0.4, 0.5) is 0 Å². The first kappa shape index (κ1) is 12.9. The number of nitrogens with one attached hydrogen (secondary N) is 1. The highest BCUT2D eigenvalue weighted by molar-refractivity contribution is 5.34. The van der Waals surface area contributed by atoms with Crippen LogP contribution in [-0.4, -0.2) is 6.54 Å². The molecule has 0 bridgehead atoms. The van der Waals surface area contributed by atoms with Crippen LogP contribution in [0.15, 0.2) is 47.1 Å². The van der Waals surface area contributed by atoms with Crippen LogP contribution in [0.25, 0.3) is 0 Å². The summed E-state index contributed by atoms with van der Waals surface area (Å²) in [5.41, 5.74) is 2.70. The maximum atomic E-state index is 5.58. The summed E-state index contributed by atoms with van der Waals surface area (Å²) in [6.07, 6.45) is 3.90. The minimum Gasteiger partial charge on any atom is -0.467 e. The molecule has 2 aromatic rings. The third-order valence-corrected chi connectivity index (χ3v) is 3.17. The largest absolute Gasteiger partial charge is 0.467 e. The van der Waals surface area contributed by atoms with Crippen molar-refractivity contribution in [2.45, 2.75) is 32.7 Å². The molecule has 0 aliphatic carbocycles. The van der Waals surface area contributed by atoms with Crippen LogP contribution < -0.4 is 5.32 Å². The van der Waals surface area contributed by atoms with Gasteiger partial charge in [0.25, 0.3) is 0 Å². The van der Waals surface area contributed by atoms with E-state index in [1.807, 2.05) is 12.1 Å². The van der Waals surface area contributed by atoms with E-state index in [4.69, 9.17) is 4.42 Å². The smallest absolute Gasteiger partial charge is 0.125 e. The molecule has 2 heteroatoms. The summed E-state index contributed by atoms with van der Waals surface area (Å²) in [6.45, 7) is 5.36. The van der Waals surface area contributed by atoms with E-state index in [0.29, 0.717) is 0 Å². The van der Waals surface area contributed by atoms with E-state index < -0.39 is 0 Å². The number of rotatable bonds is 6. The zero-order chi connectivity index (χ0) is 12.8. The number of furan rings is 1. The predicted octanol–water partition coefficient (Wildman–Crippen LogP) is 3.93. The summed E-state index contributed by atoms with van der Waals surface area (Å²) in [7, 11) is 0. The van der Waals surface area contributed by atoms with Crippen molar-refractivity contribution in [2.75, 3.05) is 6.54 Å². The summed E-state index contributed by atoms with van der Waals surface area (Å²) < 4.78 is 5.58. The van der Waals surface area contributed by atoms with E-state index in [1.54, 1.807) is 6.26 Å². The Balaban J connectivity index is 2.33. The second-order valence-corrected chi connectivity index (χ2v) is 4.45. The molecule has 1 atom stereocenters. The molecule has 2 nitrogen and oxygen atoms in total. The Kier molecular flexibility index (Phi) is 4.59. The number of aryl methyl sites for hydroxylation is 1. The first-order chi connectivity index (χ1) is 8.86. The van der Waals surface area contributed by atoms with Crippen LogP contribution in [0.1, 0.15) is 43.2 Å². The molecule has 0 amide bonds. The van der Waals surface area contributed by atoms with Gasteiger partial charge >= 0.3 is 0 Å². The van der Waals surface area contributed by atoms with Crippen LogP contribution in [0, 0.1) is 0 Å². The Hall–Kier alpha value is -1.54. The van der Waals surface area contributed by atoms with Gasteiger partial charge in [0.2, 0.25) is 0 Å². The van der Waals surface area contributed by atoms with Crippen molar-refractivity contribution in [1.29, 1.82) is 0 Å². The molecular formula is C16H21NO. The maximum absolute atomic E-state index is 5.58. The summed E-state index contributed by atoms with van der Waals surface area (Å²) in [5.74, 6) is 0.990. The molecular weight excluding hydrogens is 222 g/mol. The van der Waals surface area contributed by atoms with E-state index in [-0.39, 0.29) is 6.04 Å². The molecule has 18 heavy (non-hydrogen) atoms. The van der Waals surface area contributed by atoms with Gasteiger partial charge in [0.1, 0.15) is 5.76 Å². The minimum atomic E-state index is 0.163. The Morgan fingerprint density at radius 2 is 1.94 bits per heavy atom. The van der Waals surface area contributed by atoms with Crippen LogP contribution in [0.3, 0.4) is 0 Å². The zero-order valence-electron chi connectivity index (χ0n) is 11.1. The highest BCUT2D eigenvalue weighted by Gasteiger charge is 2.18. The molecule has 0 spiro atoms. The average molecular weight is 243 g/mol. The summed E-state index contributed by atoms with van der Waals surface area (Å²) >= 11 is 0. The van der Waals surface area contributed by atoms with Crippen molar-refractivity contribution in [2.24, 2.45) is 0 Å². The molecule has 0 fully saturated rings. The number of hydrogen-bond acceptors (Lipinski definition) is 2. The molecule has 0 radical (unpaired) electrons. The molecule has 0 aliphatic rings. The molecule has 1 aromatic carbocycles. The topological polar surface area (TPSA) is 25.2 Å². The van der Waals surface area contributed by atoms with E-state index in [0.717, 1.165) is 25.1 Å². The average Bonchev–Trinajstić information content (AvgIpc) is 2.94. The SMILES string of the molecule is CCCNC(c1ccco1)c1ccccc1CC. The molecule has 1 N–H and O–H groups in total. The molecule has 2 rings (SSSR count). The van der Waals surface area contributed by atoms with Crippen molar-refractivity contribution in [3.8, 4) is 0 Å². The van der Waals surface area contributed by atoms with Crippen molar-refractivity contribution >= 4 is 0 Å². The van der Waals surface area contributed by atoms with Crippen LogP contribution >= 0.6 is 0 Å². The van der Waals surface area contributed by atoms with Gasteiger partial charge in [0.15, 0.2) is 0 Å². The van der Waals surface area contributed by atoms with Gasteiger partial charge in [-0.05, 0) is 42.6 Å². The monoisotopic (exact) mass is 243 g/mol. The Morgan fingerprint density at radius 1 is 1.11 bits per heavy atom. The lowest BCUT2D eigenvalue weighted by Gasteiger charge is -2.19. The van der Waals surface area contributed by atoms with Crippen molar-refractivity contribution in [3.05, 3.63) is 59.5 Å². The van der Waals surface area contributed by atoms with E-state index in [2.05, 4.69) is 43.4 Å². The van der Waals surface area contributed by atoms with E-state index in [9.17, 15) is 0 Å². The van der Waals surface area contributed by atoms with Crippen LogP contribution in [0.2, 0.25) is 0 Å². The second-order valence-electron chi connectivity index (χ2n) is 4.45. The fourth-order valence-electron chi connectivity index (χ4n) is 2.25. The van der Waals surface area contributed by atoms with Gasteiger partial charge in [-0.15, -0.1) is 0 Å². The molecule has 1 heterocycles. The second kappa shape index (κ2) is 6.41. The quantitative estimate of drug-likeness (QED) is 0.831. The Bertz CT molecular complexity index is 462. The van der Waals surface area contributed by atoms with Crippen molar-refractivity contribution in [3.63, 3.8) is 0 Å². The zero-order valence-corrected chi connectivity index (χ0v) is 11.1. The lowest BCUT2D eigenvalue weighted by atomic mass is 9.97. The van der Waals surface area contributed by atoms with Crippen LogP contribution in [0.5, 0.6) is 0 Å². The van der Waals surface area contributed by atoms with Gasteiger partial charge in [-0.2, -0.15) is 0 Å². The fourth-order valence-corrected chi connectivity index (χ4v) is 2.25. The highest BCUT2D eigenvalue weighted by atomic mass is 16.3. The van der Waals surface area contributed by atoms with Gasteiger partial charge in [-0.3, -0.25) is 0 Å². The fraction of sp³-hybridized carbons (Fsp3) is 0.375. The lowest BCUT2D eigenvalue weighted by Crippen LogP contribution is -2.23. The first-order valence-corrected chi connectivity index (χ1v) is 6.71. The summed E-state index contributed by atoms with van der Waals surface area (Å²) in [4.78, 5) is 0. The standard InChI is InChI=1S/C16H21NO/c1-3-11-17-16(15-10-7-12-18-15)14-9-6-5-8-13(14)4-2/h5-10,12,16-17H,3-4,11H2,1-2H3. The first-order valence-electron chi connectivity index (χ1n) is 6.71. The van der Waals surface area contributed by atoms with E-state index >= 15 is 0 Å². The highest BCUT2D eigenvalue weighted by Crippen LogP contribution is 2.25. The van der Waals surface area contributed by atoms with Gasteiger partial charge in [0.05, 0.1) is 12.3 Å². The third-order valence-electron chi connectivity index (χ3n) is 3.17. The normalized spacial score (nSPS) is 12.6. The van der Waals surface area contributed by atoms with Gasteiger partial charge in [0, 0.05) is 0 Å².